The van der Waals surface area contributed by atoms with Crippen LogP contribution in [0.2, 0.25) is 0 Å². The molecule has 17 heavy (non-hydrogen) atoms. The predicted octanol–water partition coefficient (Wildman–Crippen LogP) is 4.35. The van der Waals surface area contributed by atoms with Crippen molar-refractivity contribution in [2.24, 2.45) is 11.1 Å². The minimum atomic E-state index is -0.0278. The first-order valence-corrected chi connectivity index (χ1v) is 7.17. The minimum absolute atomic E-state index is 0.000675. The summed E-state index contributed by atoms with van der Waals surface area (Å²) in [6.45, 7) is 8.37. The molecule has 96 valence electrons. The summed E-state index contributed by atoms with van der Waals surface area (Å²) in [5, 5.41) is 0. The van der Waals surface area contributed by atoms with Gasteiger partial charge in [0.2, 0.25) is 0 Å². The van der Waals surface area contributed by atoms with Gasteiger partial charge in [-0.25, -0.2) is 0 Å². The Kier molecular flexibility index (Phi) is 5.05. The molecule has 0 aromatic heterocycles. The van der Waals surface area contributed by atoms with E-state index in [0.717, 1.165) is 14.7 Å². The molecule has 0 aliphatic rings. The highest BCUT2D eigenvalue weighted by atomic mass is 79.9. The summed E-state index contributed by atoms with van der Waals surface area (Å²) in [6.07, 6.45) is -0.0278. The lowest BCUT2D eigenvalue weighted by atomic mass is 9.85. The van der Waals surface area contributed by atoms with E-state index in [0.29, 0.717) is 0 Å². The molecule has 0 saturated carbocycles. The smallest absolute Gasteiger partial charge is 0.134 e. The van der Waals surface area contributed by atoms with Gasteiger partial charge < -0.3 is 10.5 Å². The van der Waals surface area contributed by atoms with Crippen LogP contribution in [0.25, 0.3) is 0 Å². The van der Waals surface area contributed by atoms with E-state index in [2.05, 4.69) is 52.6 Å². The summed E-state index contributed by atoms with van der Waals surface area (Å²) >= 11 is 6.92. The van der Waals surface area contributed by atoms with Gasteiger partial charge in [-0.15, -0.1) is 0 Å². The van der Waals surface area contributed by atoms with Crippen LogP contribution in [-0.4, -0.2) is 12.1 Å². The van der Waals surface area contributed by atoms with Crippen molar-refractivity contribution in [1.29, 1.82) is 0 Å². The third kappa shape index (κ3) is 4.27. The van der Waals surface area contributed by atoms with Crippen LogP contribution in [0.4, 0.5) is 0 Å². The summed E-state index contributed by atoms with van der Waals surface area (Å²) in [6, 6.07) is 5.84. The lowest BCUT2D eigenvalue weighted by molar-refractivity contribution is 0.0677. The van der Waals surface area contributed by atoms with Crippen molar-refractivity contribution < 1.29 is 4.74 Å². The summed E-state index contributed by atoms with van der Waals surface area (Å²) in [5.74, 6) is 0.824. The average molecular weight is 365 g/mol. The van der Waals surface area contributed by atoms with Crippen molar-refractivity contribution in [3.05, 3.63) is 27.1 Å². The van der Waals surface area contributed by atoms with Gasteiger partial charge in [0.05, 0.1) is 4.47 Å². The van der Waals surface area contributed by atoms with E-state index in [4.69, 9.17) is 10.5 Å². The summed E-state index contributed by atoms with van der Waals surface area (Å²) in [5.41, 5.74) is 6.00. The molecule has 2 atom stereocenters. The van der Waals surface area contributed by atoms with Crippen LogP contribution in [0.1, 0.15) is 27.7 Å². The van der Waals surface area contributed by atoms with Gasteiger partial charge in [-0.3, -0.25) is 0 Å². The number of halogens is 2. The maximum absolute atomic E-state index is 6.03. The van der Waals surface area contributed by atoms with Crippen LogP contribution in [0.15, 0.2) is 27.1 Å². The molecule has 0 saturated heterocycles. The largest absolute Gasteiger partial charge is 0.487 e. The van der Waals surface area contributed by atoms with Gasteiger partial charge in [0.1, 0.15) is 11.9 Å². The quantitative estimate of drug-likeness (QED) is 0.865. The third-order valence-corrected chi connectivity index (χ3v) is 3.59. The van der Waals surface area contributed by atoms with Gasteiger partial charge in [0.25, 0.3) is 0 Å². The van der Waals surface area contributed by atoms with E-state index < -0.39 is 0 Å². The minimum Gasteiger partial charge on any atom is -0.487 e. The van der Waals surface area contributed by atoms with Crippen LogP contribution in [0.5, 0.6) is 5.75 Å². The zero-order valence-corrected chi connectivity index (χ0v) is 13.8. The first-order chi connectivity index (χ1) is 7.71. The zero-order valence-electron chi connectivity index (χ0n) is 10.6. The lowest BCUT2D eigenvalue weighted by Gasteiger charge is -2.34. The summed E-state index contributed by atoms with van der Waals surface area (Å²) in [4.78, 5) is 0. The molecule has 0 fully saturated rings. The van der Waals surface area contributed by atoms with E-state index in [-0.39, 0.29) is 17.6 Å². The second-order valence-corrected chi connectivity index (χ2v) is 7.11. The number of benzene rings is 1. The molecule has 1 rings (SSSR count). The fourth-order valence-electron chi connectivity index (χ4n) is 1.78. The van der Waals surface area contributed by atoms with E-state index in [1.165, 1.54) is 0 Å². The van der Waals surface area contributed by atoms with Crippen molar-refractivity contribution in [1.82, 2.24) is 0 Å². The fraction of sp³-hybridized carbons (Fsp3) is 0.538. The molecule has 0 amide bonds. The Hall–Kier alpha value is -0.0600. The molecule has 2 unspecified atom stereocenters. The number of hydrogen-bond acceptors (Lipinski definition) is 2. The van der Waals surface area contributed by atoms with Gasteiger partial charge in [0, 0.05) is 15.9 Å². The number of rotatable bonds is 3. The number of hydrogen-bond donors (Lipinski definition) is 1. The van der Waals surface area contributed by atoms with Crippen molar-refractivity contribution in [3.8, 4) is 5.75 Å². The molecule has 0 heterocycles. The molecule has 1 aromatic rings. The Morgan fingerprint density at radius 3 is 2.24 bits per heavy atom. The van der Waals surface area contributed by atoms with Crippen LogP contribution >= 0.6 is 31.9 Å². The highest BCUT2D eigenvalue weighted by Crippen LogP contribution is 2.33. The van der Waals surface area contributed by atoms with Crippen molar-refractivity contribution in [2.45, 2.75) is 39.8 Å². The van der Waals surface area contributed by atoms with E-state index in [1.54, 1.807) is 0 Å². The molecule has 0 radical (unpaired) electrons. The van der Waals surface area contributed by atoms with Crippen LogP contribution < -0.4 is 10.5 Å². The molecule has 2 N–H and O–H groups in total. The summed E-state index contributed by atoms with van der Waals surface area (Å²) < 4.78 is 7.98. The Morgan fingerprint density at radius 2 is 1.82 bits per heavy atom. The summed E-state index contributed by atoms with van der Waals surface area (Å²) in [7, 11) is 0. The van der Waals surface area contributed by atoms with Crippen molar-refractivity contribution in [3.63, 3.8) is 0 Å². The second kappa shape index (κ2) is 5.72. The second-order valence-electron chi connectivity index (χ2n) is 5.34. The van der Waals surface area contributed by atoms with E-state index in [9.17, 15) is 0 Å². The maximum atomic E-state index is 6.03. The zero-order chi connectivity index (χ0) is 13.2. The third-order valence-electron chi connectivity index (χ3n) is 2.48. The van der Waals surface area contributed by atoms with Crippen LogP contribution in [0.3, 0.4) is 0 Å². The molecule has 0 aliphatic heterocycles. The van der Waals surface area contributed by atoms with E-state index in [1.807, 2.05) is 25.1 Å². The monoisotopic (exact) mass is 363 g/mol. The van der Waals surface area contributed by atoms with Crippen LogP contribution in [-0.2, 0) is 0 Å². The Morgan fingerprint density at radius 1 is 1.24 bits per heavy atom. The predicted molar refractivity (Wildman–Crippen MR) is 79.4 cm³/mol. The molecule has 0 bridgehead atoms. The molecular formula is C13H19Br2NO. The van der Waals surface area contributed by atoms with Crippen LogP contribution in [0, 0.1) is 5.41 Å². The molecule has 0 aliphatic carbocycles. The fourth-order valence-corrected chi connectivity index (χ4v) is 2.92. The topological polar surface area (TPSA) is 35.2 Å². The molecule has 4 heteroatoms. The van der Waals surface area contributed by atoms with Gasteiger partial charge in [-0.2, -0.15) is 0 Å². The SMILES string of the molecule is CC(N)C(Oc1ccc(Br)cc1Br)C(C)(C)C. The highest BCUT2D eigenvalue weighted by Gasteiger charge is 2.30. The lowest BCUT2D eigenvalue weighted by Crippen LogP contribution is -2.45. The van der Waals surface area contributed by atoms with Gasteiger partial charge in [0.15, 0.2) is 0 Å². The van der Waals surface area contributed by atoms with E-state index >= 15 is 0 Å². The van der Waals surface area contributed by atoms with Crippen molar-refractivity contribution >= 4 is 31.9 Å². The normalized spacial score (nSPS) is 15.5. The molecular weight excluding hydrogens is 346 g/mol. The van der Waals surface area contributed by atoms with Crippen molar-refractivity contribution in [2.75, 3.05) is 0 Å². The van der Waals surface area contributed by atoms with Gasteiger partial charge >= 0.3 is 0 Å². The maximum Gasteiger partial charge on any atom is 0.134 e. The highest BCUT2D eigenvalue weighted by molar-refractivity contribution is 9.11. The van der Waals surface area contributed by atoms with Gasteiger partial charge in [-0.05, 0) is 41.1 Å². The Balaban J connectivity index is 2.94. The Bertz CT molecular complexity index is 385. The standard InChI is InChI=1S/C13H19Br2NO/c1-8(16)12(13(2,3)4)17-11-6-5-9(14)7-10(11)15/h5-8,12H,16H2,1-4H3. The molecule has 2 nitrogen and oxygen atoms in total. The Labute approximate surface area is 120 Å². The average Bonchev–Trinajstić information content (AvgIpc) is 2.13. The molecule has 0 spiro atoms. The van der Waals surface area contributed by atoms with Gasteiger partial charge in [-0.1, -0.05) is 36.7 Å². The molecule has 1 aromatic carbocycles. The first-order valence-electron chi connectivity index (χ1n) is 5.59. The number of nitrogens with two attached hydrogens (primary N) is 1. The first kappa shape index (κ1) is 15.0. The number of ether oxygens (including phenoxy) is 1.